The van der Waals surface area contributed by atoms with Gasteiger partial charge in [0.1, 0.15) is 4.60 Å². The third-order valence-electron chi connectivity index (χ3n) is 2.99. The smallest absolute Gasteiger partial charge is 0.180 e. The van der Waals surface area contributed by atoms with E-state index in [9.17, 15) is 5.11 Å². The molecule has 1 unspecified atom stereocenters. The fourth-order valence-electron chi connectivity index (χ4n) is 2.01. The minimum absolute atomic E-state index is 0.371. The van der Waals surface area contributed by atoms with Crippen molar-refractivity contribution >= 4 is 27.4 Å². The third kappa shape index (κ3) is 2.66. The molecule has 20 heavy (non-hydrogen) atoms. The maximum atomic E-state index is 10.1. The normalized spacial score (nSPS) is 12.5. The molecule has 0 radical (unpaired) electrons. The zero-order chi connectivity index (χ0) is 13.9. The van der Waals surface area contributed by atoms with Crippen LogP contribution in [0.15, 0.2) is 53.5 Å². The summed E-state index contributed by atoms with van der Waals surface area (Å²) in [5.41, 5.74) is 1.60. The van der Waals surface area contributed by atoms with Crippen molar-refractivity contribution in [1.29, 1.82) is 0 Å². The van der Waals surface area contributed by atoms with Crippen molar-refractivity contribution in [3.8, 4) is 0 Å². The average molecular weight is 333 g/mol. The van der Waals surface area contributed by atoms with Gasteiger partial charge in [0.15, 0.2) is 11.5 Å². The van der Waals surface area contributed by atoms with Crippen LogP contribution in [0.25, 0.3) is 5.65 Å². The predicted octanol–water partition coefficient (Wildman–Crippen LogP) is 2.64. The second-order valence-electron chi connectivity index (χ2n) is 4.38. The first-order chi connectivity index (χ1) is 9.74. The zero-order valence-electron chi connectivity index (χ0n) is 10.6. The van der Waals surface area contributed by atoms with Crippen molar-refractivity contribution in [2.24, 2.45) is 0 Å². The Balaban J connectivity index is 1.78. The van der Waals surface area contributed by atoms with E-state index in [-0.39, 0.29) is 0 Å². The van der Waals surface area contributed by atoms with Crippen LogP contribution < -0.4 is 5.32 Å². The zero-order valence-corrected chi connectivity index (χ0v) is 12.2. The number of hydrogen-bond acceptors (Lipinski definition) is 4. The van der Waals surface area contributed by atoms with Gasteiger partial charge in [-0.25, -0.2) is 9.97 Å². The Labute approximate surface area is 124 Å². The van der Waals surface area contributed by atoms with Crippen molar-refractivity contribution in [2.75, 3.05) is 11.9 Å². The number of aliphatic hydroxyl groups excluding tert-OH is 1. The summed E-state index contributed by atoms with van der Waals surface area (Å²) >= 11 is 3.36. The summed E-state index contributed by atoms with van der Waals surface area (Å²) in [6.07, 6.45) is 4.80. The van der Waals surface area contributed by atoms with Gasteiger partial charge in [-0.1, -0.05) is 30.3 Å². The maximum absolute atomic E-state index is 10.1. The number of halogens is 1. The van der Waals surface area contributed by atoms with E-state index < -0.39 is 6.10 Å². The van der Waals surface area contributed by atoms with Gasteiger partial charge >= 0.3 is 0 Å². The van der Waals surface area contributed by atoms with Crippen LogP contribution in [0.3, 0.4) is 0 Å². The van der Waals surface area contributed by atoms with Crippen LogP contribution in [-0.2, 0) is 0 Å². The Bertz CT molecular complexity index is 714. The van der Waals surface area contributed by atoms with Crippen LogP contribution in [0.5, 0.6) is 0 Å². The van der Waals surface area contributed by atoms with Crippen LogP contribution in [0, 0.1) is 0 Å². The maximum Gasteiger partial charge on any atom is 0.180 e. The van der Waals surface area contributed by atoms with Gasteiger partial charge in [0.25, 0.3) is 0 Å². The lowest BCUT2D eigenvalue weighted by molar-refractivity contribution is 0.191. The van der Waals surface area contributed by atoms with Gasteiger partial charge in [-0.2, -0.15) is 0 Å². The monoisotopic (exact) mass is 332 g/mol. The summed E-state index contributed by atoms with van der Waals surface area (Å²) in [5, 5.41) is 13.3. The van der Waals surface area contributed by atoms with Crippen molar-refractivity contribution in [3.63, 3.8) is 0 Å². The minimum atomic E-state index is -0.591. The molecule has 1 atom stereocenters. The number of anilines is 1. The van der Waals surface area contributed by atoms with Crippen molar-refractivity contribution < 1.29 is 5.11 Å². The quantitative estimate of drug-likeness (QED) is 0.771. The Morgan fingerprint density at radius 3 is 2.90 bits per heavy atom. The molecule has 0 aliphatic carbocycles. The fraction of sp³-hybridized carbons (Fsp3) is 0.143. The minimum Gasteiger partial charge on any atom is -0.387 e. The summed E-state index contributed by atoms with van der Waals surface area (Å²) in [6.45, 7) is 0.371. The van der Waals surface area contributed by atoms with Crippen LogP contribution in [0.4, 0.5) is 5.82 Å². The number of aromatic nitrogens is 3. The van der Waals surface area contributed by atoms with Gasteiger partial charge in [-0.05, 0) is 21.5 Å². The molecule has 0 saturated heterocycles. The molecule has 0 aliphatic heterocycles. The first-order valence-electron chi connectivity index (χ1n) is 6.20. The second kappa shape index (κ2) is 5.60. The Kier molecular flexibility index (Phi) is 3.66. The van der Waals surface area contributed by atoms with Gasteiger partial charge < -0.3 is 14.8 Å². The van der Waals surface area contributed by atoms with Crippen molar-refractivity contribution in [2.45, 2.75) is 6.10 Å². The molecular formula is C14H13BrN4O. The molecule has 2 heterocycles. The summed E-state index contributed by atoms with van der Waals surface area (Å²) in [6, 6.07) is 9.52. The van der Waals surface area contributed by atoms with E-state index in [0.717, 1.165) is 11.2 Å². The highest BCUT2D eigenvalue weighted by Crippen LogP contribution is 2.18. The topological polar surface area (TPSA) is 62.5 Å². The molecule has 0 bridgehead atoms. The van der Waals surface area contributed by atoms with E-state index in [0.29, 0.717) is 17.0 Å². The van der Waals surface area contributed by atoms with Crippen molar-refractivity contribution in [3.05, 3.63) is 59.1 Å². The van der Waals surface area contributed by atoms with Crippen LogP contribution in [0.1, 0.15) is 11.7 Å². The number of imidazole rings is 1. The van der Waals surface area contributed by atoms with Gasteiger partial charge in [0.2, 0.25) is 0 Å². The molecule has 0 spiro atoms. The van der Waals surface area contributed by atoms with Crippen LogP contribution >= 0.6 is 15.9 Å². The van der Waals surface area contributed by atoms with E-state index in [4.69, 9.17) is 0 Å². The van der Waals surface area contributed by atoms with Crippen molar-refractivity contribution in [1.82, 2.24) is 14.4 Å². The molecule has 2 N–H and O–H groups in total. The third-order valence-corrected chi connectivity index (χ3v) is 3.37. The summed E-state index contributed by atoms with van der Waals surface area (Å²) < 4.78 is 2.58. The number of hydrogen-bond donors (Lipinski definition) is 2. The molecule has 0 saturated carbocycles. The lowest BCUT2D eigenvalue weighted by Crippen LogP contribution is -2.13. The van der Waals surface area contributed by atoms with Gasteiger partial charge in [-0.15, -0.1) is 0 Å². The number of rotatable bonds is 4. The SMILES string of the molecule is OC(CNc1nc(Br)cn2ccnc12)c1ccccc1. The fourth-order valence-corrected chi connectivity index (χ4v) is 2.40. The lowest BCUT2D eigenvalue weighted by atomic mass is 10.1. The number of benzene rings is 1. The highest BCUT2D eigenvalue weighted by Gasteiger charge is 2.10. The van der Waals surface area contributed by atoms with E-state index in [1.54, 1.807) is 6.20 Å². The first-order valence-corrected chi connectivity index (χ1v) is 6.99. The number of fused-ring (bicyclic) bond motifs is 1. The Morgan fingerprint density at radius 2 is 2.10 bits per heavy atom. The molecule has 3 rings (SSSR count). The van der Waals surface area contributed by atoms with E-state index in [1.807, 2.05) is 47.1 Å². The van der Waals surface area contributed by atoms with E-state index >= 15 is 0 Å². The molecule has 0 amide bonds. The van der Waals surface area contributed by atoms with E-state index in [2.05, 4.69) is 31.2 Å². The molecule has 5 nitrogen and oxygen atoms in total. The van der Waals surface area contributed by atoms with E-state index in [1.165, 1.54) is 0 Å². The average Bonchev–Trinajstić information content (AvgIpc) is 2.93. The molecule has 0 aliphatic rings. The number of aliphatic hydroxyl groups is 1. The van der Waals surface area contributed by atoms with Gasteiger partial charge in [-0.3, -0.25) is 0 Å². The molecule has 102 valence electrons. The predicted molar refractivity (Wildman–Crippen MR) is 80.6 cm³/mol. The van der Waals surface area contributed by atoms with Crippen LogP contribution in [0.2, 0.25) is 0 Å². The van der Waals surface area contributed by atoms with Crippen LogP contribution in [-0.4, -0.2) is 26.0 Å². The molecule has 1 aromatic carbocycles. The molecule has 3 aromatic rings. The number of nitrogens with one attached hydrogen (secondary N) is 1. The first kappa shape index (κ1) is 13.1. The summed E-state index contributed by atoms with van der Waals surface area (Å²) in [5.74, 6) is 0.638. The summed E-state index contributed by atoms with van der Waals surface area (Å²) in [4.78, 5) is 8.60. The van der Waals surface area contributed by atoms with Gasteiger partial charge in [0, 0.05) is 25.1 Å². The second-order valence-corrected chi connectivity index (χ2v) is 5.19. The highest BCUT2D eigenvalue weighted by molar-refractivity contribution is 9.10. The highest BCUT2D eigenvalue weighted by atomic mass is 79.9. The summed E-state index contributed by atoms with van der Waals surface area (Å²) in [7, 11) is 0. The Morgan fingerprint density at radius 1 is 1.30 bits per heavy atom. The largest absolute Gasteiger partial charge is 0.387 e. The molecular weight excluding hydrogens is 320 g/mol. The molecule has 2 aromatic heterocycles. The lowest BCUT2D eigenvalue weighted by Gasteiger charge is -2.13. The molecule has 0 fully saturated rings. The number of nitrogens with zero attached hydrogens (tertiary/aromatic N) is 3. The van der Waals surface area contributed by atoms with Gasteiger partial charge in [0.05, 0.1) is 6.10 Å². The standard InChI is InChI=1S/C14H13BrN4O/c15-12-9-19-7-6-16-14(19)13(18-12)17-8-11(20)10-4-2-1-3-5-10/h1-7,9,11,20H,8H2,(H,17,18). The molecule has 6 heteroatoms. The Hall–Kier alpha value is -1.92.